The van der Waals surface area contributed by atoms with Gasteiger partial charge in [0.2, 0.25) is 0 Å². The molecule has 0 heterocycles. The van der Waals surface area contributed by atoms with E-state index in [1.54, 1.807) is 0 Å². The summed E-state index contributed by atoms with van der Waals surface area (Å²) in [4.78, 5) is 0. The van der Waals surface area contributed by atoms with Crippen molar-refractivity contribution in [3.05, 3.63) is 0 Å². The molecule has 0 spiro atoms. The molecule has 0 aromatic heterocycles. The largest absolute Gasteiger partial charge is 0.390 e. The first-order valence-electron chi connectivity index (χ1n) is 5.74. The van der Waals surface area contributed by atoms with Gasteiger partial charge in [0.1, 0.15) is 0 Å². The second-order valence-corrected chi connectivity index (χ2v) is 5.93. The van der Waals surface area contributed by atoms with Crippen molar-refractivity contribution in [1.82, 2.24) is 0 Å². The van der Waals surface area contributed by atoms with E-state index in [0.717, 1.165) is 12.8 Å². The molecule has 1 unspecified atom stereocenters. The lowest BCUT2D eigenvalue weighted by atomic mass is 9.81. The molecule has 76 valence electrons. The number of rotatable bonds is 1. The van der Waals surface area contributed by atoms with Crippen molar-refractivity contribution in [2.45, 2.75) is 64.4 Å². The van der Waals surface area contributed by atoms with Gasteiger partial charge in [-0.15, -0.1) is 0 Å². The van der Waals surface area contributed by atoms with Crippen LogP contribution in [0, 0.1) is 11.3 Å². The van der Waals surface area contributed by atoms with Gasteiger partial charge in [0, 0.05) is 0 Å². The molecule has 0 saturated heterocycles. The highest BCUT2D eigenvalue weighted by molar-refractivity contribution is 4.99. The number of hydrogen-bond donors (Lipinski definition) is 1. The maximum absolute atomic E-state index is 10.5. The van der Waals surface area contributed by atoms with Crippen LogP contribution < -0.4 is 0 Å². The van der Waals surface area contributed by atoms with Crippen molar-refractivity contribution in [2.24, 2.45) is 11.3 Å². The van der Waals surface area contributed by atoms with Crippen LogP contribution in [-0.2, 0) is 0 Å². The predicted octanol–water partition coefficient (Wildman–Crippen LogP) is 3.12. The summed E-state index contributed by atoms with van der Waals surface area (Å²) in [6, 6.07) is 0. The summed E-state index contributed by atoms with van der Waals surface area (Å²) >= 11 is 0. The highest BCUT2D eigenvalue weighted by Gasteiger charge is 2.47. The van der Waals surface area contributed by atoms with Gasteiger partial charge in [-0.2, -0.15) is 0 Å². The highest BCUT2D eigenvalue weighted by atomic mass is 16.3. The van der Waals surface area contributed by atoms with E-state index in [2.05, 4.69) is 13.8 Å². The molecule has 2 aliphatic carbocycles. The van der Waals surface area contributed by atoms with Gasteiger partial charge in [-0.05, 0) is 43.4 Å². The molecule has 1 atom stereocenters. The Bertz CT molecular complexity index is 191. The van der Waals surface area contributed by atoms with Crippen molar-refractivity contribution in [1.29, 1.82) is 0 Å². The molecular weight excluding hydrogens is 160 g/mol. The molecule has 0 radical (unpaired) electrons. The quantitative estimate of drug-likeness (QED) is 0.660. The average Bonchev–Trinajstić information content (AvgIpc) is 2.58. The molecule has 0 aromatic carbocycles. The van der Waals surface area contributed by atoms with Gasteiger partial charge in [-0.3, -0.25) is 0 Å². The maximum Gasteiger partial charge on any atom is 0.0681 e. The topological polar surface area (TPSA) is 20.2 Å². The fourth-order valence-electron chi connectivity index (χ4n) is 3.37. The fourth-order valence-corrected chi connectivity index (χ4v) is 3.37. The van der Waals surface area contributed by atoms with Crippen molar-refractivity contribution in [3.63, 3.8) is 0 Å². The van der Waals surface area contributed by atoms with Crippen LogP contribution in [0.4, 0.5) is 0 Å². The average molecular weight is 182 g/mol. The monoisotopic (exact) mass is 182 g/mol. The lowest BCUT2D eigenvalue weighted by Gasteiger charge is -2.31. The van der Waals surface area contributed by atoms with E-state index in [-0.39, 0.29) is 5.60 Å². The molecule has 2 rings (SSSR count). The van der Waals surface area contributed by atoms with Crippen LogP contribution in [0.3, 0.4) is 0 Å². The third-order valence-electron chi connectivity index (χ3n) is 4.13. The summed E-state index contributed by atoms with van der Waals surface area (Å²) in [5.74, 6) is 0.620. The summed E-state index contributed by atoms with van der Waals surface area (Å²) in [6.45, 7) is 4.58. The standard InChI is InChI=1S/C12H22O/c1-11(2)7-8-12(13,9-11)10-5-3-4-6-10/h10,13H,3-9H2,1-2H3. The second-order valence-electron chi connectivity index (χ2n) is 5.93. The van der Waals surface area contributed by atoms with Gasteiger partial charge in [0.15, 0.2) is 0 Å². The lowest BCUT2D eigenvalue weighted by molar-refractivity contribution is -0.0179. The van der Waals surface area contributed by atoms with Crippen molar-refractivity contribution in [3.8, 4) is 0 Å². The molecule has 0 aliphatic heterocycles. The van der Waals surface area contributed by atoms with E-state index >= 15 is 0 Å². The summed E-state index contributed by atoms with van der Waals surface area (Å²) in [7, 11) is 0. The Labute approximate surface area is 81.5 Å². The molecule has 0 amide bonds. The zero-order chi connectivity index (χ0) is 9.53. The fraction of sp³-hybridized carbons (Fsp3) is 1.00. The molecule has 1 heteroatoms. The molecule has 1 N–H and O–H groups in total. The summed E-state index contributed by atoms with van der Waals surface area (Å²) < 4.78 is 0. The van der Waals surface area contributed by atoms with E-state index in [1.807, 2.05) is 0 Å². The minimum absolute atomic E-state index is 0.292. The van der Waals surface area contributed by atoms with Gasteiger partial charge in [-0.25, -0.2) is 0 Å². The molecule has 0 aromatic rings. The molecule has 1 nitrogen and oxygen atoms in total. The third-order valence-corrected chi connectivity index (χ3v) is 4.13. The van der Waals surface area contributed by atoms with Crippen LogP contribution in [0.5, 0.6) is 0 Å². The SMILES string of the molecule is CC1(C)CCC(O)(C2CCCC2)C1. The minimum Gasteiger partial charge on any atom is -0.390 e. The first kappa shape index (κ1) is 9.51. The van der Waals surface area contributed by atoms with Crippen molar-refractivity contribution < 1.29 is 5.11 Å². The van der Waals surface area contributed by atoms with Gasteiger partial charge >= 0.3 is 0 Å². The van der Waals surface area contributed by atoms with E-state index in [1.165, 1.54) is 32.1 Å². The van der Waals surface area contributed by atoms with Gasteiger partial charge in [0.05, 0.1) is 5.60 Å². The summed E-state index contributed by atoms with van der Waals surface area (Å²) in [5, 5.41) is 10.5. The summed E-state index contributed by atoms with van der Waals surface area (Å²) in [6.07, 6.45) is 8.51. The molecule has 13 heavy (non-hydrogen) atoms. The lowest BCUT2D eigenvalue weighted by Crippen LogP contribution is -2.34. The Balaban J connectivity index is 2.05. The van der Waals surface area contributed by atoms with Crippen LogP contribution >= 0.6 is 0 Å². The van der Waals surface area contributed by atoms with Crippen LogP contribution in [0.2, 0.25) is 0 Å². The zero-order valence-electron chi connectivity index (χ0n) is 8.97. The third kappa shape index (κ3) is 1.76. The van der Waals surface area contributed by atoms with E-state index in [4.69, 9.17) is 0 Å². The van der Waals surface area contributed by atoms with Crippen LogP contribution in [-0.4, -0.2) is 10.7 Å². The highest BCUT2D eigenvalue weighted by Crippen LogP contribution is 2.50. The van der Waals surface area contributed by atoms with Gasteiger partial charge < -0.3 is 5.11 Å². The molecule has 2 aliphatic rings. The summed E-state index contributed by atoms with van der Waals surface area (Å²) in [5.41, 5.74) is 0.0946. The zero-order valence-corrected chi connectivity index (χ0v) is 8.97. The molecule has 0 bridgehead atoms. The smallest absolute Gasteiger partial charge is 0.0681 e. The normalized spacial score (nSPS) is 39.9. The predicted molar refractivity (Wildman–Crippen MR) is 54.5 cm³/mol. The first-order chi connectivity index (χ1) is 6.02. The van der Waals surface area contributed by atoms with Gasteiger partial charge in [0.25, 0.3) is 0 Å². The van der Waals surface area contributed by atoms with Crippen molar-refractivity contribution >= 4 is 0 Å². The number of aliphatic hydroxyl groups is 1. The first-order valence-corrected chi connectivity index (χ1v) is 5.74. The number of hydrogen-bond acceptors (Lipinski definition) is 1. The Morgan fingerprint density at radius 3 is 2.15 bits per heavy atom. The Morgan fingerprint density at radius 2 is 1.69 bits per heavy atom. The Morgan fingerprint density at radius 1 is 1.08 bits per heavy atom. The molecular formula is C12H22O. The van der Waals surface area contributed by atoms with E-state index in [0.29, 0.717) is 11.3 Å². The van der Waals surface area contributed by atoms with E-state index < -0.39 is 0 Å². The van der Waals surface area contributed by atoms with Gasteiger partial charge in [-0.1, -0.05) is 26.7 Å². The van der Waals surface area contributed by atoms with Crippen LogP contribution in [0.1, 0.15) is 58.8 Å². The van der Waals surface area contributed by atoms with Crippen LogP contribution in [0.15, 0.2) is 0 Å². The molecule has 2 saturated carbocycles. The molecule has 2 fully saturated rings. The van der Waals surface area contributed by atoms with Crippen LogP contribution in [0.25, 0.3) is 0 Å². The Kier molecular flexibility index (Phi) is 2.18. The maximum atomic E-state index is 10.5. The van der Waals surface area contributed by atoms with Crippen molar-refractivity contribution in [2.75, 3.05) is 0 Å². The Hall–Kier alpha value is -0.0400. The minimum atomic E-state index is -0.292. The van der Waals surface area contributed by atoms with E-state index in [9.17, 15) is 5.11 Å². The second kappa shape index (κ2) is 2.98.